The van der Waals surface area contributed by atoms with Crippen LogP contribution in [0.4, 0.5) is 8.78 Å². The average molecular weight is 479 g/mol. The summed E-state index contributed by atoms with van der Waals surface area (Å²) in [4.78, 5) is 37.4. The summed E-state index contributed by atoms with van der Waals surface area (Å²) in [6, 6.07) is 0. The number of allylic oxidation sites excluding steroid dienone is 4. The van der Waals surface area contributed by atoms with Crippen LogP contribution in [0.25, 0.3) is 0 Å². The summed E-state index contributed by atoms with van der Waals surface area (Å²) in [5.74, 6) is -2.89. The highest BCUT2D eigenvalue weighted by molar-refractivity contribution is 6.01. The molecule has 5 nitrogen and oxygen atoms in total. The Hall–Kier alpha value is -1.89. The van der Waals surface area contributed by atoms with Crippen molar-refractivity contribution in [1.82, 2.24) is 0 Å². The van der Waals surface area contributed by atoms with Gasteiger partial charge in [0.25, 0.3) is 0 Å². The number of Topliss-reactive ketones (excluding diaryl/α,β-unsaturated/α-hetero) is 1. The predicted octanol–water partition coefficient (Wildman–Crippen LogP) is 4.33. The normalized spacial score (nSPS) is 45.7. The van der Waals surface area contributed by atoms with Crippen LogP contribution in [-0.2, 0) is 19.1 Å². The Morgan fingerprint density at radius 3 is 2.47 bits per heavy atom. The van der Waals surface area contributed by atoms with Crippen molar-refractivity contribution in [2.75, 3.05) is 6.61 Å². The molecule has 0 aromatic carbocycles. The molecular formula is C27H36F2O5. The Bertz CT molecular complexity index is 980. The lowest BCUT2D eigenvalue weighted by Gasteiger charge is -2.62. The van der Waals surface area contributed by atoms with Crippen molar-refractivity contribution in [1.29, 1.82) is 0 Å². The number of aliphatic hydroxyl groups excluding tert-OH is 1. The fourth-order valence-electron chi connectivity index (χ4n) is 7.70. The van der Waals surface area contributed by atoms with Crippen molar-refractivity contribution in [2.45, 2.75) is 78.7 Å². The minimum absolute atomic E-state index is 0.0419. The molecule has 0 spiro atoms. The van der Waals surface area contributed by atoms with Crippen molar-refractivity contribution in [3.05, 3.63) is 23.8 Å². The van der Waals surface area contributed by atoms with E-state index in [0.717, 1.165) is 0 Å². The first kappa shape index (κ1) is 25.2. The van der Waals surface area contributed by atoms with Gasteiger partial charge in [-0.15, -0.1) is 0 Å². The van der Waals surface area contributed by atoms with Gasteiger partial charge >= 0.3 is 5.97 Å². The van der Waals surface area contributed by atoms with E-state index >= 15 is 8.78 Å². The van der Waals surface area contributed by atoms with E-state index in [0.29, 0.717) is 6.42 Å². The molecule has 34 heavy (non-hydrogen) atoms. The summed E-state index contributed by atoms with van der Waals surface area (Å²) < 4.78 is 37.8. The van der Waals surface area contributed by atoms with Crippen LogP contribution in [0, 0.1) is 39.9 Å². The van der Waals surface area contributed by atoms with E-state index in [1.807, 2.05) is 13.8 Å². The second kappa shape index (κ2) is 7.81. The van der Waals surface area contributed by atoms with E-state index in [2.05, 4.69) is 0 Å². The zero-order valence-corrected chi connectivity index (χ0v) is 20.9. The number of esters is 1. The molecule has 0 aromatic rings. The van der Waals surface area contributed by atoms with Crippen LogP contribution < -0.4 is 0 Å². The summed E-state index contributed by atoms with van der Waals surface area (Å²) in [7, 11) is 0. The molecule has 0 saturated heterocycles. The standard InChI is InChI=1S/C27H36F2O5/c1-14-9-16-17-11-19(28)18-10-15(30)7-8-26(18,6)27(17,29)21(32)12-25(16,5)22(14)20(31)13-34-23(33)24(2,3)4/h7-8,10,14,16-17,19,21-22,32H,9,11-13H2,1-6H3/t14?,16-,17-,19?,21?,22+,25-,26-,27-/m0/s1. The fraction of sp³-hybridized carbons (Fsp3) is 0.741. The topological polar surface area (TPSA) is 80.7 Å². The molecule has 0 radical (unpaired) electrons. The van der Waals surface area contributed by atoms with Gasteiger partial charge in [0, 0.05) is 17.3 Å². The van der Waals surface area contributed by atoms with Crippen molar-refractivity contribution < 1.29 is 33.0 Å². The minimum atomic E-state index is -2.15. The van der Waals surface area contributed by atoms with Gasteiger partial charge < -0.3 is 9.84 Å². The van der Waals surface area contributed by atoms with Gasteiger partial charge in [0.15, 0.2) is 17.2 Å². The molecule has 0 bridgehead atoms. The molecule has 0 amide bonds. The molecule has 3 unspecified atom stereocenters. The zero-order chi connectivity index (χ0) is 25.4. The molecule has 1 N–H and O–H groups in total. The third-order valence-corrected chi connectivity index (χ3v) is 9.27. The number of halogens is 2. The molecule has 4 rings (SSSR count). The lowest BCUT2D eigenvalue weighted by molar-refractivity contribution is -0.202. The van der Waals surface area contributed by atoms with E-state index < -0.39 is 52.0 Å². The molecule has 4 aliphatic rings. The Balaban J connectivity index is 1.67. The lowest BCUT2D eigenvalue weighted by atomic mass is 9.45. The number of ketones is 2. The van der Waals surface area contributed by atoms with Crippen LogP contribution in [0.1, 0.15) is 60.8 Å². The second-order valence-electron chi connectivity index (χ2n) is 12.4. The van der Waals surface area contributed by atoms with E-state index in [1.165, 1.54) is 18.2 Å². The largest absolute Gasteiger partial charge is 0.457 e. The fourth-order valence-corrected chi connectivity index (χ4v) is 7.70. The third kappa shape index (κ3) is 3.36. The molecule has 3 saturated carbocycles. The molecular weight excluding hydrogens is 442 g/mol. The Labute approximate surface area is 200 Å². The molecule has 0 aliphatic heterocycles. The Morgan fingerprint density at radius 1 is 1.21 bits per heavy atom. The number of hydrogen-bond acceptors (Lipinski definition) is 5. The molecule has 4 aliphatic carbocycles. The van der Waals surface area contributed by atoms with Gasteiger partial charge in [0.1, 0.15) is 12.8 Å². The molecule has 188 valence electrons. The molecule has 7 heteroatoms. The Morgan fingerprint density at radius 2 is 1.85 bits per heavy atom. The number of rotatable bonds is 3. The van der Waals surface area contributed by atoms with Crippen LogP contribution in [0.5, 0.6) is 0 Å². The molecule has 0 heterocycles. The number of carbonyl (C=O) groups excluding carboxylic acids is 3. The van der Waals surface area contributed by atoms with Crippen molar-refractivity contribution in [2.24, 2.45) is 39.9 Å². The van der Waals surface area contributed by atoms with Crippen LogP contribution in [0.2, 0.25) is 0 Å². The highest BCUT2D eigenvalue weighted by atomic mass is 19.1. The number of ether oxygens (including phenoxy) is 1. The molecule has 9 atom stereocenters. The van der Waals surface area contributed by atoms with Crippen LogP contribution >= 0.6 is 0 Å². The van der Waals surface area contributed by atoms with E-state index in [9.17, 15) is 19.5 Å². The first-order valence-electron chi connectivity index (χ1n) is 12.2. The second-order valence-corrected chi connectivity index (χ2v) is 12.4. The van der Waals surface area contributed by atoms with E-state index in [-0.39, 0.29) is 48.4 Å². The molecule has 3 fully saturated rings. The highest BCUT2D eigenvalue weighted by Gasteiger charge is 2.73. The summed E-state index contributed by atoms with van der Waals surface area (Å²) in [5.41, 5.74) is -4.99. The van der Waals surface area contributed by atoms with Crippen LogP contribution in [0.15, 0.2) is 23.8 Å². The maximum atomic E-state index is 17.1. The summed E-state index contributed by atoms with van der Waals surface area (Å²) in [5, 5.41) is 11.3. The lowest BCUT2D eigenvalue weighted by Crippen LogP contribution is -2.68. The monoisotopic (exact) mass is 478 g/mol. The van der Waals surface area contributed by atoms with Gasteiger partial charge in [0.2, 0.25) is 0 Å². The van der Waals surface area contributed by atoms with E-state index in [1.54, 1.807) is 27.7 Å². The average Bonchev–Trinajstić information content (AvgIpc) is 2.99. The number of hydrogen-bond donors (Lipinski definition) is 1. The zero-order valence-electron chi connectivity index (χ0n) is 20.9. The number of carbonyl (C=O) groups is 3. The van der Waals surface area contributed by atoms with Crippen molar-refractivity contribution in [3.8, 4) is 0 Å². The van der Waals surface area contributed by atoms with E-state index in [4.69, 9.17) is 4.74 Å². The van der Waals surface area contributed by atoms with Gasteiger partial charge in [0.05, 0.1) is 11.5 Å². The van der Waals surface area contributed by atoms with Crippen LogP contribution in [-0.4, -0.2) is 47.2 Å². The number of fused-ring (bicyclic) bond motifs is 5. The number of alkyl halides is 2. The van der Waals surface area contributed by atoms with Gasteiger partial charge in [-0.25, -0.2) is 8.78 Å². The summed E-state index contributed by atoms with van der Waals surface area (Å²) >= 11 is 0. The first-order valence-corrected chi connectivity index (χ1v) is 12.2. The van der Waals surface area contributed by atoms with Crippen molar-refractivity contribution >= 4 is 17.5 Å². The summed E-state index contributed by atoms with van der Waals surface area (Å²) in [6.07, 6.45) is 1.35. The van der Waals surface area contributed by atoms with Gasteiger partial charge in [-0.2, -0.15) is 0 Å². The Kier molecular flexibility index (Phi) is 5.79. The number of aliphatic hydroxyl groups is 1. The SMILES string of the molecule is CC1C[C@H]2[C@@H]3CC(F)C4=CC(=O)C=C[C@]4(C)[C@@]3(F)C(O)C[C@]2(C)[C@H]1C(=O)COC(=O)C(C)(C)C. The smallest absolute Gasteiger partial charge is 0.311 e. The first-order chi connectivity index (χ1) is 15.6. The van der Waals surface area contributed by atoms with Gasteiger partial charge in [-0.05, 0) is 81.9 Å². The minimum Gasteiger partial charge on any atom is -0.457 e. The van der Waals surface area contributed by atoms with Gasteiger partial charge in [-0.3, -0.25) is 14.4 Å². The maximum absolute atomic E-state index is 17.1. The quantitative estimate of drug-likeness (QED) is 0.611. The van der Waals surface area contributed by atoms with Crippen LogP contribution in [0.3, 0.4) is 0 Å². The predicted molar refractivity (Wildman–Crippen MR) is 122 cm³/mol. The maximum Gasteiger partial charge on any atom is 0.311 e. The third-order valence-electron chi connectivity index (χ3n) is 9.27. The molecule has 0 aromatic heterocycles. The van der Waals surface area contributed by atoms with Gasteiger partial charge in [-0.1, -0.05) is 19.9 Å². The summed E-state index contributed by atoms with van der Waals surface area (Å²) in [6.45, 7) is 10.1. The van der Waals surface area contributed by atoms with Crippen molar-refractivity contribution in [3.63, 3.8) is 0 Å². The highest BCUT2D eigenvalue weighted by Crippen LogP contribution is 2.70.